The molecule has 1 aromatic heterocycles. The van der Waals surface area contributed by atoms with E-state index in [1.165, 1.54) is 0 Å². The summed E-state index contributed by atoms with van der Waals surface area (Å²) >= 11 is 0. The number of benzene rings is 4. The lowest BCUT2D eigenvalue weighted by atomic mass is 9.85. The molecule has 300 valence electrons. The summed E-state index contributed by atoms with van der Waals surface area (Å²) in [6.07, 6.45) is 1.76. The SMILES string of the molecule is C.CCC1C(C)=NN=C(c2ccc(OC)c(OC)c2)c2cc(OC)c(OC)cc21.CCc1c(C)[o+]c(-c2ccc(OC)c(OC)c2)c2cc(OC)c(OC)cc12.[HH]. The van der Waals surface area contributed by atoms with Gasteiger partial charge in [0.05, 0.1) is 80.3 Å². The zero-order chi connectivity index (χ0) is 39.8. The largest absolute Gasteiger partial charge is 0.493 e. The maximum Gasteiger partial charge on any atom is 0.368 e. The van der Waals surface area contributed by atoms with E-state index in [2.05, 4.69) is 24.1 Å². The molecule has 0 amide bonds. The normalized spacial score (nSPS) is 13.0. The molecule has 11 heteroatoms. The van der Waals surface area contributed by atoms with E-state index in [0.29, 0.717) is 46.0 Å². The second-order valence-corrected chi connectivity index (χ2v) is 12.7. The van der Waals surface area contributed by atoms with Crippen LogP contribution >= 0.6 is 0 Å². The number of rotatable bonds is 12. The number of nitrogens with zero attached hydrogens (tertiary/aromatic N) is 2. The van der Waals surface area contributed by atoms with E-state index in [9.17, 15) is 0 Å². The number of ether oxygens (including phenoxy) is 8. The second-order valence-electron chi connectivity index (χ2n) is 12.7. The first kappa shape index (κ1) is 42.8. The monoisotopic (exact) mass is 769 g/mol. The molecule has 0 saturated carbocycles. The molecule has 1 unspecified atom stereocenters. The molecule has 6 rings (SSSR count). The van der Waals surface area contributed by atoms with Crippen LogP contribution in [0.1, 0.15) is 70.0 Å². The Morgan fingerprint density at radius 3 is 1.54 bits per heavy atom. The fourth-order valence-electron chi connectivity index (χ4n) is 6.98. The van der Waals surface area contributed by atoms with Gasteiger partial charge in [-0.2, -0.15) is 5.10 Å². The van der Waals surface area contributed by atoms with Crippen molar-refractivity contribution in [2.24, 2.45) is 10.2 Å². The lowest BCUT2D eigenvalue weighted by molar-refractivity contribution is 0.354. The van der Waals surface area contributed by atoms with E-state index in [1.807, 2.05) is 74.5 Å². The van der Waals surface area contributed by atoms with Crippen LogP contribution in [0, 0.1) is 6.92 Å². The van der Waals surface area contributed by atoms with Gasteiger partial charge in [0.25, 0.3) is 0 Å². The summed E-state index contributed by atoms with van der Waals surface area (Å²) in [6, 6.07) is 19.5. The van der Waals surface area contributed by atoms with Crippen LogP contribution in [0.2, 0.25) is 0 Å². The minimum Gasteiger partial charge on any atom is -0.493 e. The van der Waals surface area contributed by atoms with Gasteiger partial charge in [-0.05, 0) is 73.9 Å². The Morgan fingerprint density at radius 2 is 1.02 bits per heavy atom. The van der Waals surface area contributed by atoms with Crippen LogP contribution in [0.5, 0.6) is 46.0 Å². The minimum absolute atomic E-state index is 0. The molecule has 1 atom stereocenters. The third-order valence-electron chi connectivity index (χ3n) is 9.84. The van der Waals surface area contributed by atoms with Crippen LogP contribution in [0.4, 0.5) is 0 Å². The Hall–Kier alpha value is -5.97. The van der Waals surface area contributed by atoms with Gasteiger partial charge in [-0.3, -0.25) is 0 Å². The van der Waals surface area contributed by atoms with Crippen LogP contribution in [0.15, 0.2) is 75.3 Å². The van der Waals surface area contributed by atoms with Gasteiger partial charge >= 0.3 is 11.5 Å². The molecule has 0 radical (unpaired) electrons. The molecule has 0 saturated heterocycles. The van der Waals surface area contributed by atoms with Crippen molar-refractivity contribution >= 4 is 22.2 Å². The number of hydrogen-bond donors (Lipinski definition) is 0. The molecule has 11 nitrogen and oxygen atoms in total. The molecule has 1 aliphatic rings. The molecule has 5 aromatic rings. The summed E-state index contributed by atoms with van der Waals surface area (Å²) in [7, 11) is 13.0. The Bertz CT molecular complexity index is 2240. The van der Waals surface area contributed by atoms with Gasteiger partial charge < -0.3 is 37.9 Å². The molecule has 0 fully saturated rings. The molecule has 56 heavy (non-hydrogen) atoms. The maximum atomic E-state index is 6.25. The fraction of sp³-hybridized carbons (Fsp3) is 0.356. The zero-order valence-electron chi connectivity index (χ0n) is 33.8. The average Bonchev–Trinajstić information content (AvgIpc) is 3.36. The topological polar surface area (TPSA) is 110 Å². The van der Waals surface area contributed by atoms with E-state index < -0.39 is 0 Å². The van der Waals surface area contributed by atoms with Crippen LogP contribution in [-0.4, -0.2) is 68.3 Å². The van der Waals surface area contributed by atoms with Crippen LogP contribution in [0.25, 0.3) is 22.1 Å². The van der Waals surface area contributed by atoms with Gasteiger partial charge in [0.1, 0.15) is 5.71 Å². The number of hydrogen-bond acceptors (Lipinski definition) is 10. The molecule has 0 N–H and O–H groups in total. The average molecular weight is 770 g/mol. The highest BCUT2D eigenvalue weighted by Gasteiger charge is 2.28. The number of fused-ring (bicyclic) bond motifs is 2. The Balaban J connectivity index is 0.000000295. The van der Waals surface area contributed by atoms with E-state index in [-0.39, 0.29) is 14.8 Å². The summed E-state index contributed by atoms with van der Waals surface area (Å²) in [5, 5.41) is 11.1. The standard InChI is InChI=1S/C22H26N2O4.C22H25O5.CH4.H2/c1-7-15-13(2)23-24-22(14-8-9-18(25-3)19(10-14)26-4)17-12-21(28-6)20(27-5)11-16(15)17;1-7-15-13(2)27-22(14-8-9-18(23-3)19(10-14)24-4)17-12-21(26-6)20(25-5)11-16(15)17;;/h8-12,15H,7H2,1-6H3;8-12H,7H2,1-6H3;1H4;1H/q;+1;;. The summed E-state index contributed by atoms with van der Waals surface area (Å²) in [4.78, 5) is 0. The summed E-state index contributed by atoms with van der Waals surface area (Å²) in [5.41, 5.74) is 6.74. The Labute approximate surface area is 332 Å². The second kappa shape index (κ2) is 19.1. The summed E-state index contributed by atoms with van der Waals surface area (Å²) in [5.74, 6) is 7.12. The van der Waals surface area contributed by atoms with Crippen molar-refractivity contribution in [2.75, 3.05) is 56.9 Å². The van der Waals surface area contributed by atoms with Crippen molar-refractivity contribution in [3.05, 3.63) is 88.7 Å². The Kier molecular flexibility index (Phi) is 14.6. The van der Waals surface area contributed by atoms with Crippen molar-refractivity contribution in [1.29, 1.82) is 0 Å². The third-order valence-corrected chi connectivity index (χ3v) is 9.84. The van der Waals surface area contributed by atoms with E-state index in [4.69, 9.17) is 42.3 Å². The Morgan fingerprint density at radius 1 is 0.554 bits per heavy atom. The fourth-order valence-corrected chi connectivity index (χ4v) is 6.98. The summed E-state index contributed by atoms with van der Waals surface area (Å²) < 4.78 is 50.0. The van der Waals surface area contributed by atoms with Crippen molar-refractivity contribution in [2.45, 2.75) is 53.9 Å². The van der Waals surface area contributed by atoms with Gasteiger partial charge in [0, 0.05) is 41.7 Å². The minimum atomic E-state index is 0. The van der Waals surface area contributed by atoms with E-state index in [0.717, 1.165) is 74.4 Å². The smallest absolute Gasteiger partial charge is 0.368 e. The lowest BCUT2D eigenvalue weighted by Gasteiger charge is -2.20. The van der Waals surface area contributed by atoms with Gasteiger partial charge in [0.15, 0.2) is 46.0 Å². The first-order valence-corrected chi connectivity index (χ1v) is 18.0. The molecule has 1 aliphatic heterocycles. The van der Waals surface area contributed by atoms with E-state index in [1.54, 1.807) is 56.9 Å². The quantitative estimate of drug-likeness (QED) is 0.115. The van der Waals surface area contributed by atoms with Crippen LogP contribution < -0.4 is 37.9 Å². The van der Waals surface area contributed by atoms with E-state index >= 15 is 0 Å². The van der Waals surface area contributed by atoms with Gasteiger partial charge in [-0.15, -0.1) is 5.10 Å². The molecule has 0 aliphatic carbocycles. The molecule has 2 heterocycles. The van der Waals surface area contributed by atoms with Crippen LogP contribution in [0.3, 0.4) is 0 Å². The highest BCUT2D eigenvalue weighted by Crippen LogP contribution is 2.43. The predicted octanol–water partition coefficient (Wildman–Crippen LogP) is 10.6. The van der Waals surface area contributed by atoms with Crippen molar-refractivity contribution in [3.8, 4) is 57.3 Å². The molecule has 4 aromatic carbocycles. The first-order chi connectivity index (χ1) is 26.6. The molecule has 0 spiro atoms. The third kappa shape index (κ3) is 8.32. The number of methoxy groups -OCH3 is 8. The molecular formula is C45H57N2O9+. The van der Waals surface area contributed by atoms with Crippen molar-refractivity contribution in [1.82, 2.24) is 0 Å². The van der Waals surface area contributed by atoms with Crippen LogP contribution in [-0.2, 0) is 6.42 Å². The number of aryl methyl sites for hydroxylation is 2. The predicted molar refractivity (Wildman–Crippen MR) is 226 cm³/mol. The van der Waals surface area contributed by atoms with Crippen molar-refractivity contribution in [3.63, 3.8) is 0 Å². The zero-order valence-corrected chi connectivity index (χ0v) is 33.8. The first-order valence-electron chi connectivity index (χ1n) is 18.0. The molecule has 0 bridgehead atoms. The molecular weight excluding hydrogens is 713 g/mol. The highest BCUT2D eigenvalue weighted by molar-refractivity contribution is 6.16. The van der Waals surface area contributed by atoms with Gasteiger partial charge in [-0.1, -0.05) is 21.3 Å². The lowest BCUT2D eigenvalue weighted by Crippen LogP contribution is -2.13. The van der Waals surface area contributed by atoms with Gasteiger partial charge in [-0.25, -0.2) is 4.42 Å². The van der Waals surface area contributed by atoms with Gasteiger partial charge in [0.2, 0.25) is 0 Å². The van der Waals surface area contributed by atoms with Crippen molar-refractivity contribution < 1.29 is 43.7 Å². The highest BCUT2D eigenvalue weighted by atomic mass is 16.5. The summed E-state index contributed by atoms with van der Waals surface area (Å²) in [6.45, 7) is 8.25. The maximum absolute atomic E-state index is 6.25.